The SMILES string of the molecule is CC1CC1C(=O)Nc1cccc(C(=O)NCC2CCCNC2)c1. The van der Waals surface area contributed by atoms with Gasteiger partial charge in [0.2, 0.25) is 5.91 Å². The van der Waals surface area contributed by atoms with Crippen molar-refractivity contribution in [2.24, 2.45) is 17.8 Å². The van der Waals surface area contributed by atoms with Gasteiger partial charge in [0.05, 0.1) is 0 Å². The van der Waals surface area contributed by atoms with Gasteiger partial charge in [-0.15, -0.1) is 0 Å². The van der Waals surface area contributed by atoms with Gasteiger partial charge in [0, 0.05) is 23.7 Å². The zero-order valence-electron chi connectivity index (χ0n) is 13.6. The number of carbonyl (C=O) groups is 2. The van der Waals surface area contributed by atoms with Gasteiger partial charge in [-0.1, -0.05) is 13.0 Å². The summed E-state index contributed by atoms with van der Waals surface area (Å²) in [5.74, 6) is 1.10. The van der Waals surface area contributed by atoms with Crippen molar-refractivity contribution < 1.29 is 9.59 Å². The first-order valence-electron chi connectivity index (χ1n) is 8.53. The van der Waals surface area contributed by atoms with Crippen molar-refractivity contribution in [1.29, 1.82) is 0 Å². The highest BCUT2D eigenvalue weighted by molar-refractivity contribution is 5.98. The second kappa shape index (κ2) is 7.13. The molecule has 2 fully saturated rings. The molecule has 1 aliphatic carbocycles. The summed E-state index contributed by atoms with van der Waals surface area (Å²) in [7, 11) is 0. The molecule has 3 atom stereocenters. The normalized spacial score (nSPS) is 26.4. The Hall–Kier alpha value is -1.88. The van der Waals surface area contributed by atoms with E-state index in [1.54, 1.807) is 12.1 Å². The maximum absolute atomic E-state index is 12.3. The van der Waals surface area contributed by atoms with Gasteiger partial charge in [-0.3, -0.25) is 9.59 Å². The first kappa shape index (κ1) is 16.0. The number of nitrogens with one attached hydrogen (secondary N) is 3. The summed E-state index contributed by atoms with van der Waals surface area (Å²) in [6.45, 7) is 4.82. The first-order chi connectivity index (χ1) is 11.1. The predicted octanol–water partition coefficient (Wildman–Crippen LogP) is 2.01. The van der Waals surface area contributed by atoms with E-state index in [4.69, 9.17) is 0 Å². The van der Waals surface area contributed by atoms with E-state index >= 15 is 0 Å². The van der Waals surface area contributed by atoms with E-state index in [1.165, 1.54) is 6.42 Å². The highest BCUT2D eigenvalue weighted by Crippen LogP contribution is 2.38. The number of hydrogen-bond acceptors (Lipinski definition) is 3. The molecule has 5 heteroatoms. The molecular formula is C18H25N3O2. The van der Waals surface area contributed by atoms with Crippen LogP contribution in [0.25, 0.3) is 0 Å². The Labute approximate surface area is 137 Å². The molecule has 3 rings (SSSR count). The van der Waals surface area contributed by atoms with Crippen LogP contribution in [0.15, 0.2) is 24.3 Å². The van der Waals surface area contributed by atoms with Crippen LogP contribution in [-0.4, -0.2) is 31.4 Å². The van der Waals surface area contributed by atoms with E-state index < -0.39 is 0 Å². The van der Waals surface area contributed by atoms with E-state index in [-0.39, 0.29) is 17.7 Å². The predicted molar refractivity (Wildman–Crippen MR) is 90.3 cm³/mol. The summed E-state index contributed by atoms with van der Waals surface area (Å²) in [6.07, 6.45) is 3.28. The van der Waals surface area contributed by atoms with E-state index in [0.29, 0.717) is 29.6 Å². The Bertz CT molecular complexity index is 581. The minimum Gasteiger partial charge on any atom is -0.352 e. The lowest BCUT2D eigenvalue weighted by molar-refractivity contribution is -0.117. The van der Waals surface area contributed by atoms with Gasteiger partial charge < -0.3 is 16.0 Å². The van der Waals surface area contributed by atoms with E-state index in [1.807, 2.05) is 12.1 Å². The van der Waals surface area contributed by atoms with Gasteiger partial charge >= 0.3 is 0 Å². The van der Waals surface area contributed by atoms with Crippen LogP contribution in [0.2, 0.25) is 0 Å². The zero-order valence-corrected chi connectivity index (χ0v) is 13.6. The molecule has 5 nitrogen and oxygen atoms in total. The average Bonchev–Trinajstić information content (AvgIpc) is 3.31. The van der Waals surface area contributed by atoms with Gasteiger partial charge in [0.15, 0.2) is 0 Å². The molecule has 0 radical (unpaired) electrons. The minimum absolute atomic E-state index is 0.0586. The quantitative estimate of drug-likeness (QED) is 0.778. The topological polar surface area (TPSA) is 70.2 Å². The van der Waals surface area contributed by atoms with Crippen molar-refractivity contribution in [2.45, 2.75) is 26.2 Å². The summed E-state index contributed by atoms with van der Waals surface area (Å²) >= 11 is 0. The molecule has 3 N–H and O–H groups in total. The Morgan fingerprint density at radius 2 is 2.17 bits per heavy atom. The molecule has 1 saturated heterocycles. The molecule has 1 aromatic rings. The maximum Gasteiger partial charge on any atom is 0.251 e. The molecule has 2 aliphatic rings. The van der Waals surface area contributed by atoms with Crippen molar-refractivity contribution in [3.05, 3.63) is 29.8 Å². The molecule has 1 aliphatic heterocycles. The smallest absolute Gasteiger partial charge is 0.251 e. The van der Waals surface area contributed by atoms with Crippen LogP contribution in [0.5, 0.6) is 0 Å². The summed E-state index contributed by atoms with van der Waals surface area (Å²) in [5, 5.41) is 9.26. The van der Waals surface area contributed by atoms with E-state index in [0.717, 1.165) is 25.9 Å². The van der Waals surface area contributed by atoms with Crippen molar-refractivity contribution in [1.82, 2.24) is 10.6 Å². The number of carbonyl (C=O) groups excluding carboxylic acids is 2. The number of piperidine rings is 1. The fraction of sp³-hybridized carbons (Fsp3) is 0.556. The minimum atomic E-state index is -0.0773. The first-order valence-corrected chi connectivity index (χ1v) is 8.53. The molecule has 1 aromatic carbocycles. The third-order valence-corrected chi connectivity index (χ3v) is 4.79. The molecule has 23 heavy (non-hydrogen) atoms. The van der Waals surface area contributed by atoms with Gasteiger partial charge in [0.25, 0.3) is 5.91 Å². The van der Waals surface area contributed by atoms with Gasteiger partial charge in [-0.25, -0.2) is 0 Å². The van der Waals surface area contributed by atoms with Crippen LogP contribution in [0, 0.1) is 17.8 Å². The summed E-state index contributed by atoms with van der Waals surface area (Å²) in [4.78, 5) is 24.3. The van der Waals surface area contributed by atoms with Crippen LogP contribution in [0.4, 0.5) is 5.69 Å². The largest absolute Gasteiger partial charge is 0.352 e. The summed E-state index contributed by atoms with van der Waals surface area (Å²) in [6, 6.07) is 7.17. The van der Waals surface area contributed by atoms with E-state index in [2.05, 4.69) is 22.9 Å². The van der Waals surface area contributed by atoms with Crippen molar-refractivity contribution in [3.63, 3.8) is 0 Å². The van der Waals surface area contributed by atoms with Gasteiger partial charge in [-0.2, -0.15) is 0 Å². The van der Waals surface area contributed by atoms with Crippen LogP contribution in [-0.2, 0) is 4.79 Å². The number of benzene rings is 1. The van der Waals surface area contributed by atoms with Crippen LogP contribution in [0.1, 0.15) is 36.5 Å². The van der Waals surface area contributed by atoms with Crippen LogP contribution < -0.4 is 16.0 Å². The van der Waals surface area contributed by atoms with Crippen molar-refractivity contribution >= 4 is 17.5 Å². The third kappa shape index (κ3) is 4.32. The van der Waals surface area contributed by atoms with Gasteiger partial charge in [-0.05, 0) is 62.4 Å². The van der Waals surface area contributed by atoms with Crippen LogP contribution in [0.3, 0.4) is 0 Å². The summed E-state index contributed by atoms with van der Waals surface area (Å²) in [5.41, 5.74) is 1.29. The Kier molecular flexibility index (Phi) is 4.96. The fourth-order valence-corrected chi connectivity index (χ4v) is 3.10. The highest BCUT2D eigenvalue weighted by atomic mass is 16.2. The average molecular weight is 315 g/mol. The molecule has 0 spiro atoms. The lowest BCUT2D eigenvalue weighted by Gasteiger charge is -2.22. The fourth-order valence-electron chi connectivity index (χ4n) is 3.10. The number of rotatable bonds is 5. The highest BCUT2D eigenvalue weighted by Gasteiger charge is 2.39. The molecule has 0 aromatic heterocycles. The van der Waals surface area contributed by atoms with Gasteiger partial charge in [0.1, 0.15) is 0 Å². The summed E-state index contributed by atoms with van der Waals surface area (Å²) < 4.78 is 0. The standard InChI is InChI=1S/C18H25N3O2/c1-12-8-16(12)18(23)21-15-6-2-5-14(9-15)17(22)20-11-13-4-3-7-19-10-13/h2,5-6,9,12-13,16,19H,3-4,7-8,10-11H2,1H3,(H,20,22)(H,21,23). The Morgan fingerprint density at radius 1 is 1.35 bits per heavy atom. The molecule has 2 amide bonds. The second-order valence-corrected chi connectivity index (χ2v) is 6.81. The maximum atomic E-state index is 12.3. The molecule has 0 bridgehead atoms. The number of amides is 2. The van der Waals surface area contributed by atoms with E-state index in [9.17, 15) is 9.59 Å². The second-order valence-electron chi connectivity index (χ2n) is 6.81. The molecule has 1 saturated carbocycles. The Balaban J connectivity index is 1.53. The lowest BCUT2D eigenvalue weighted by atomic mass is 9.99. The Morgan fingerprint density at radius 3 is 2.87 bits per heavy atom. The van der Waals surface area contributed by atoms with Crippen LogP contribution >= 0.6 is 0 Å². The number of anilines is 1. The molecular weight excluding hydrogens is 290 g/mol. The monoisotopic (exact) mass is 315 g/mol. The molecule has 124 valence electrons. The lowest BCUT2D eigenvalue weighted by Crippen LogP contribution is -2.38. The van der Waals surface area contributed by atoms with Crippen molar-refractivity contribution in [3.8, 4) is 0 Å². The number of hydrogen-bond donors (Lipinski definition) is 3. The zero-order chi connectivity index (χ0) is 16.2. The molecule has 3 unspecified atom stereocenters. The van der Waals surface area contributed by atoms with Crippen molar-refractivity contribution in [2.75, 3.05) is 25.0 Å². The third-order valence-electron chi connectivity index (χ3n) is 4.79. The molecule has 1 heterocycles.